The summed E-state index contributed by atoms with van der Waals surface area (Å²) in [5.74, 6) is 0. The van der Waals surface area contributed by atoms with Crippen LogP contribution < -0.4 is 0 Å². The van der Waals surface area contributed by atoms with E-state index in [1.807, 2.05) is 0 Å². The van der Waals surface area contributed by atoms with E-state index in [1.54, 1.807) is 0 Å². The molecule has 0 nitrogen and oxygen atoms in total. The van der Waals surface area contributed by atoms with E-state index in [-0.39, 0.29) is 92.4 Å². The fourth-order valence-corrected chi connectivity index (χ4v) is 0. The van der Waals surface area contributed by atoms with Gasteiger partial charge in [-0.15, -0.1) is 0 Å². The van der Waals surface area contributed by atoms with Gasteiger partial charge in [0.25, 0.3) is 0 Å². The molecule has 0 aliphatic heterocycles. The van der Waals surface area contributed by atoms with E-state index in [9.17, 15) is 0 Å². The predicted molar refractivity (Wildman–Crippen MR) is 24.3 cm³/mol. The average Bonchev–Trinajstić information content (AvgIpc) is 1.00. The molecule has 18 valence electrons. The molecule has 0 N–H and O–H groups in total. The van der Waals surface area contributed by atoms with E-state index in [2.05, 4.69) is 0 Å². The average molecular weight is 243 g/mol. The fourth-order valence-electron chi connectivity index (χ4n) is 0. The van der Waals surface area contributed by atoms with Crippen LogP contribution >= 0.6 is 0 Å². The molecule has 0 heterocycles. The van der Waals surface area contributed by atoms with Crippen LogP contribution in [0, 0.1) is 14.9 Å². The van der Waals surface area contributed by atoms with Crippen LogP contribution in [0.1, 0.15) is 0 Å². The summed E-state index contributed by atoms with van der Waals surface area (Å²) in [5.41, 5.74) is 0. The van der Waals surface area contributed by atoms with Crippen molar-refractivity contribution in [2.45, 2.75) is 0 Å². The Morgan fingerprint density at radius 1 is 0.571 bits per heavy atom. The van der Waals surface area contributed by atoms with E-state index in [0.29, 0.717) is 0 Å². The zero-order valence-corrected chi connectivity index (χ0v) is 17.4. The van der Waals surface area contributed by atoms with E-state index >= 15 is 0 Å². The quantitative estimate of drug-likeness (QED) is 0.419. The van der Waals surface area contributed by atoms with Gasteiger partial charge in [0.1, 0.15) is 0 Å². The van der Waals surface area contributed by atoms with Crippen LogP contribution in [0.25, 0.3) is 0 Å². The number of rotatable bonds is 0. The smallest absolute Gasteiger partial charge is 3.00 e. The molecule has 0 rings (SSSR count). The van der Waals surface area contributed by atoms with Crippen LogP contribution in [0.15, 0.2) is 0 Å². The van der Waals surface area contributed by atoms with Crippen molar-refractivity contribution in [2.75, 3.05) is 0 Å². The Balaban J connectivity index is -0.000000000500. The molecule has 0 radical (unpaired) electrons. The van der Waals surface area contributed by atoms with Gasteiger partial charge in [-0.25, -0.2) is 0 Å². The first-order valence-corrected chi connectivity index (χ1v) is 17.0. The maximum atomic E-state index is 1.25. The van der Waals surface area contributed by atoms with Crippen molar-refractivity contribution in [1.29, 1.82) is 0 Å². The number of hydrogen-bond acceptors (Lipinski definition) is 0. The van der Waals surface area contributed by atoms with Crippen LogP contribution in [0.3, 0.4) is 0 Å². The second kappa shape index (κ2) is 40.7. The molecule has 7 heavy (non-hydrogen) atoms. The molecule has 0 spiro atoms. The normalized spacial score (nSPS) is 1.14. The predicted octanol–water partition coefficient (Wildman–Crippen LogP) is 0.131. The Morgan fingerprint density at radius 3 is 0.571 bits per heavy atom. The van der Waals surface area contributed by atoms with Gasteiger partial charge in [-0.1, -0.05) is 0 Å². The van der Waals surface area contributed by atoms with Gasteiger partial charge in [-0.3, -0.25) is 0 Å². The molecule has 0 saturated carbocycles. The third-order valence-electron chi connectivity index (χ3n) is 0. The summed E-state index contributed by atoms with van der Waals surface area (Å²) < 4.78 is 0. The standard InChI is InChI=1S/2CH3.2K.3Sc/h2*1H3;;;;;/q2*-1;;;3*+3. The SMILES string of the molecule is [CH3-].[CH3-].[K][K].[Sc+3].[Sc+3].[Sc+3]. The van der Waals surface area contributed by atoms with Crippen LogP contribution in [0.4, 0.5) is 0 Å². The number of hydrogen-bond donors (Lipinski definition) is 0. The van der Waals surface area contributed by atoms with Crippen molar-refractivity contribution in [1.82, 2.24) is 0 Å². The molecule has 0 aromatic carbocycles. The summed E-state index contributed by atoms with van der Waals surface area (Å²) in [6.45, 7) is 0. The Labute approximate surface area is 149 Å². The van der Waals surface area contributed by atoms with Crippen molar-refractivity contribution in [2.24, 2.45) is 0 Å². The fraction of sp³-hybridized carbons (Fsp3) is 0. The van der Waals surface area contributed by atoms with Gasteiger partial charge < -0.3 is 14.9 Å². The largest absolute Gasteiger partial charge is 3.00 e. The Hall–Kier alpha value is 5.88. The van der Waals surface area contributed by atoms with E-state index < -0.39 is 0 Å². The first-order chi connectivity index (χ1) is 1.00. The Morgan fingerprint density at radius 2 is 0.571 bits per heavy atom. The van der Waals surface area contributed by atoms with E-state index in [0.717, 1.165) is 0 Å². The summed E-state index contributed by atoms with van der Waals surface area (Å²) in [6.07, 6.45) is 0. The third kappa shape index (κ3) is 33.5. The summed E-state index contributed by atoms with van der Waals surface area (Å²) in [7, 11) is 0. The summed E-state index contributed by atoms with van der Waals surface area (Å²) in [5, 5.41) is 0. The van der Waals surface area contributed by atoms with Crippen molar-refractivity contribution < 1.29 is 77.5 Å². The van der Waals surface area contributed by atoms with Crippen LogP contribution in [0.5, 0.6) is 0 Å². The van der Waals surface area contributed by atoms with Crippen molar-refractivity contribution in [3.05, 3.63) is 14.9 Å². The van der Waals surface area contributed by atoms with Gasteiger partial charge in [0.2, 0.25) is 0 Å². The first kappa shape index (κ1) is 38.4. The van der Waals surface area contributed by atoms with Gasteiger partial charge in [0.05, 0.1) is 0 Å². The monoisotopic (exact) mass is 243 g/mol. The van der Waals surface area contributed by atoms with Gasteiger partial charge in [0.15, 0.2) is 0 Å². The molecule has 0 unspecified atom stereocenters. The molecule has 0 bridgehead atoms. The minimum absolute atomic E-state index is 0. The second-order valence-electron chi connectivity index (χ2n) is 0. The van der Waals surface area contributed by atoms with Crippen molar-refractivity contribution in [3.8, 4) is 0 Å². The molecule has 0 atom stereocenters. The third-order valence-corrected chi connectivity index (χ3v) is 0. The van der Waals surface area contributed by atoms with E-state index in [4.69, 9.17) is 0 Å². The summed E-state index contributed by atoms with van der Waals surface area (Å²) in [4.78, 5) is 0. The van der Waals surface area contributed by atoms with Crippen LogP contribution in [-0.4, -0.2) is 63.2 Å². The molecular weight excluding hydrogens is 237 g/mol. The molecule has 0 aromatic rings. The molecule has 0 aliphatic rings. The van der Waals surface area contributed by atoms with Crippen LogP contribution in [0.2, 0.25) is 0 Å². The second-order valence-corrected chi connectivity index (χ2v) is 0. The minimum Gasteiger partial charge on any atom is 3.00 e. The molecule has 0 saturated heterocycles. The minimum atomic E-state index is 0. The maximum absolute atomic E-state index is 1.25. The molecule has 5 heteroatoms. The Bertz CT molecular complexity index is 10.9. The summed E-state index contributed by atoms with van der Waals surface area (Å²) >= 11 is 2.50. The molecular formula is C2H6K2Sc3+7. The van der Waals surface area contributed by atoms with E-state index in [1.165, 1.54) is 63.2 Å². The Kier molecular flexibility index (Phi) is 223. The maximum Gasteiger partial charge on any atom is 3.00 e. The van der Waals surface area contributed by atoms with Crippen molar-refractivity contribution >= 4 is 63.2 Å². The van der Waals surface area contributed by atoms with Crippen molar-refractivity contribution in [3.63, 3.8) is 0 Å². The van der Waals surface area contributed by atoms with Gasteiger partial charge in [0, 0.05) is 0 Å². The molecule has 0 aromatic heterocycles. The zero-order valence-electron chi connectivity index (χ0n) is 5.73. The topological polar surface area (TPSA) is 0 Å². The van der Waals surface area contributed by atoms with Crippen LogP contribution in [-0.2, 0) is 77.5 Å². The zero-order chi connectivity index (χ0) is 2.00. The molecule has 0 fully saturated rings. The molecule has 0 aliphatic carbocycles. The molecule has 0 amide bonds. The first-order valence-electron chi connectivity index (χ1n) is 1.00. The summed E-state index contributed by atoms with van der Waals surface area (Å²) in [6, 6.07) is 0. The van der Waals surface area contributed by atoms with Gasteiger partial charge >= 0.3 is 141 Å². The van der Waals surface area contributed by atoms with Gasteiger partial charge in [-0.05, 0) is 0 Å². The van der Waals surface area contributed by atoms with Gasteiger partial charge in [-0.2, -0.15) is 0 Å².